The molecule has 0 bridgehead atoms. The largest absolute Gasteiger partial charge is 0.458 e. The van der Waals surface area contributed by atoms with Crippen LogP contribution in [0.25, 0.3) is 0 Å². The summed E-state index contributed by atoms with van der Waals surface area (Å²) in [5, 5.41) is 0.165. The van der Waals surface area contributed by atoms with Crippen molar-refractivity contribution in [2.24, 2.45) is 0 Å². The number of nitrogens with zero attached hydrogens (tertiary/aromatic N) is 2. The summed E-state index contributed by atoms with van der Waals surface area (Å²) in [4.78, 5) is 19.0. The second kappa shape index (κ2) is 7.97. The first kappa shape index (κ1) is 13.9. The maximum absolute atomic E-state index is 11.4. The topological polar surface area (TPSA) is 61.3 Å². The molecule has 0 unspecified atom stereocenters. The number of esters is 1. The van der Waals surface area contributed by atoms with Crippen molar-refractivity contribution in [2.45, 2.75) is 19.8 Å². The van der Waals surface area contributed by atoms with E-state index in [0.29, 0.717) is 13.2 Å². The summed E-state index contributed by atoms with van der Waals surface area (Å²) >= 11 is 5.60. The maximum Gasteiger partial charge on any atom is 0.358 e. The van der Waals surface area contributed by atoms with Crippen LogP contribution in [0.5, 0.6) is 0 Å². The monoisotopic (exact) mass is 258 g/mol. The molecular weight excluding hydrogens is 244 g/mol. The van der Waals surface area contributed by atoms with Gasteiger partial charge in [-0.25, -0.2) is 9.78 Å². The highest BCUT2D eigenvalue weighted by atomic mass is 35.5. The molecule has 6 heteroatoms. The third-order valence-corrected chi connectivity index (χ3v) is 2.10. The minimum absolute atomic E-state index is 0.103. The summed E-state index contributed by atoms with van der Waals surface area (Å²) in [5.41, 5.74) is 0.103. The number of carbonyl (C=O) groups is 1. The van der Waals surface area contributed by atoms with E-state index in [4.69, 9.17) is 21.1 Å². The predicted octanol–water partition coefficient (Wildman–Crippen LogP) is 2.10. The molecule has 0 spiro atoms. The van der Waals surface area contributed by atoms with E-state index in [-0.39, 0.29) is 17.5 Å². The molecule has 0 aromatic carbocycles. The number of hydrogen-bond acceptors (Lipinski definition) is 5. The van der Waals surface area contributed by atoms with Crippen molar-refractivity contribution in [3.05, 3.63) is 23.2 Å². The molecule has 0 aliphatic rings. The molecule has 0 N–H and O–H groups in total. The summed E-state index contributed by atoms with van der Waals surface area (Å²) in [6.07, 6.45) is 4.75. The Balaban J connectivity index is 2.21. The van der Waals surface area contributed by atoms with Gasteiger partial charge in [-0.15, -0.1) is 0 Å². The SMILES string of the molecule is CCCCOCCOC(=O)c1cncc(Cl)n1. The second-order valence-corrected chi connectivity index (χ2v) is 3.72. The van der Waals surface area contributed by atoms with E-state index in [0.717, 1.165) is 12.8 Å². The predicted molar refractivity (Wildman–Crippen MR) is 63.1 cm³/mol. The fourth-order valence-corrected chi connectivity index (χ4v) is 1.20. The normalized spacial score (nSPS) is 10.2. The van der Waals surface area contributed by atoms with Crippen molar-refractivity contribution >= 4 is 17.6 Å². The van der Waals surface area contributed by atoms with Gasteiger partial charge in [-0.2, -0.15) is 0 Å². The van der Waals surface area contributed by atoms with Crippen LogP contribution < -0.4 is 0 Å². The number of unbranched alkanes of at least 4 members (excludes halogenated alkanes) is 1. The quantitative estimate of drug-likeness (QED) is 0.554. The maximum atomic E-state index is 11.4. The Morgan fingerprint density at radius 2 is 2.18 bits per heavy atom. The Morgan fingerprint density at radius 3 is 2.88 bits per heavy atom. The highest BCUT2D eigenvalue weighted by Gasteiger charge is 2.09. The Bertz CT molecular complexity index is 360. The first-order valence-corrected chi connectivity index (χ1v) is 5.84. The zero-order valence-corrected chi connectivity index (χ0v) is 10.4. The van der Waals surface area contributed by atoms with Gasteiger partial charge in [0.05, 0.1) is 19.0 Å². The Morgan fingerprint density at radius 1 is 1.35 bits per heavy atom. The van der Waals surface area contributed by atoms with E-state index in [1.807, 2.05) is 0 Å². The molecule has 1 heterocycles. The summed E-state index contributed by atoms with van der Waals surface area (Å²) in [7, 11) is 0. The van der Waals surface area contributed by atoms with Gasteiger partial charge < -0.3 is 9.47 Å². The molecule has 1 aromatic rings. The molecule has 0 saturated carbocycles. The van der Waals surface area contributed by atoms with Crippen LogP contribution in [0.15, 0.2) is 12.4 Å². The van der Waals surface area contributed by atoms with Crippen molar-refractivity contribution in [1.29, 1.82) is 0 Å². The van der Waals surface area contributed by atoms with Crippen LogP contribution >= 0.6 is 11.6 Å². The minimum atomic E-state index is -0.543. The first-order chi connectivity index (χ1) is 8.24. The number of rotatable bonds is 7. The smallest absolute Gasteiger partial charge is 0.358 e. The van der Waals surface area contributed by atoms with Gasteiger partial charge in [-0.05, 0) is 6.42 Å². The van der Waals surface area contributed by atoms with Crippen LogP contribution in [0, 0.1) is 0 Å². The summed E-state index contributed by atoms with van der Waals surface area (Å²) in [5.74, 6) is -0.543. The molecule has 0 atom stereocenters. The second-order valence-electron chi connectivity index (χ2n) is 3.33. The number of carbonyl (C=O) groups excluding carboxylic acids is 1. The van der Waals surface area contributed by atoms with Crippen LogP contribution in [0.3, 0.4) is 0 Å². The number of hydrogen-bond donors (Lipinski definition) is 0. The molecule has 0 radical (unpaired) electrons. The fourth-order valence-electron chi connectivity index (χ4n) is 1.06. The van der Waals surface area contributed by atoms with Gasteiger partial charge in [0, 0.05) is 6.61 Å². The van der Waals surface area contributed by atoms with E-state index in [2.05, 4.69) is 16.9 Å². The van der Waals surface area contributed by atoms with Gasteiger partial charge in [0.25, 0.3) is 0 Å². The molecule has 0 amide bonds. The van der Waals surface area contributed by atoms with Gasteiger partial charge in [-0.1, -0.05) is 24.9 Å². The Labute approximate surface area is 105 Å². The van der Waals surface area contributed by atoms with E-state index < -0.39 is 5.97 Å². The van der Waals surface area contributed by atoms with Crippen molar-refractivity contribution < 1.29 is 14.3 Å². The van der Waals surface area contributed by atoms with E-state index in [1.165, 1.54) is 12.4 Å². The highest BCUT2D eigenvalue weighted by Crippen LogP contribution is 2.03. The molecule has 0 aliphatic heterocycles. The molecular formula is C11H15ClN2O3. The lowest BCUT2D eigenvalue weighted by Crippen LogP contribution is -2.12. The van der Waals surface area contributed by atoms with Crippen LogP contribution in [0.1, 0.15) is 30.3 Å². The van der Waals surface area contributed by atoms with E-state index in [1.54, 1.807) is 0 Å². The summed E-state index contributed by atoms with van der Waals surface area (Å²) in [6.45, 7) is 3.36. The fraction of sp³-hybridized carbons (Fsp3) is 0.545. The Kier molecular flexibility index (Phi) is 6.50. The molecule has 1 aromatic heterocycles. The van der Waals surface area contributed by atoms with Crippen molar-refractivity contribution in [3.63, 3.8) is 0 Å². The zero-order chi connectivity index (χ0) is 12.5. The zero-order valence-electron chi connectivity index (χ0n) is 9.69. The standard InChI is InChI=1S/C11H15ClN2O3/c1-2-3-4-16-5-6-17-11(15)9-7-13-8-10(12)14-9/h7-8H,2-6H2,1H3. The van der Waals surface area contributed by atoms with Gasteiger partial charge in [0.2, 0.25) is 0 Å². The third kappa shape index (κ3) is 5.60. The number of ether oxygens (including phenoxy) is 2. The lowest BCUT2D eigenvalue weighted by molar-refractivity contribution is 0.0307. The third-order valence-electron chi connectivity index (χ3n) is 1.92. The van der Waals surface area contributed by atoms with Gasteiger partial charge in [0.1, 0.15) is 11.8 Å². The van der Waals surface area contributed by atoms with Crippen molar-refractivity contribution in [3.8, 4) is 0 Å². The van der Waals surface area contributed by atoms with Crippen LogP contribution in [-0.4, -0.2) is 35.8 Å². The lowest BCUT2D eigenvalue weighted by atomic mass is 10.4. The molecule has 0 fully saturated rings. The van der Waals surface area contributed by atoms with Crippen LogP contribution in [-0.2, 0) is 9.47 Å². The molecule has 94 valence electrons. The minimum Gasteiger partial charge on any atom is -0.458 e. The van der Waals surface area contributed by atoms with Gasteiger partial charge >= 0.3 is 5.97 Å². The van der Waals surface area contributed by atoms with Crippen LogP contribution in [0.4, 0.5) is 0 Å². The lowest BCUT2D eigenvalue weighted by Gasteiger charge is -2.05. The molecule has 5 nitrogen and oxygen atoms in total. The van der Waals surface area contributed by atoms with E-state index in [9.17, 15) is 4.79 Å². The van der Waals surface area contributed by atoms with Crippen LogP contribution in [0.2, 0.25) is 5.15 Å². The summed E-state index contributed by atoms with van der Waals surface area (Å²) < 4.78 is 10.2. The molecule has 17 heavy (non-hydrogen) atoms. The summed E-state index contributed by atoms with van der Waals surface area (Å²) in [6, 6.07) is 0. The number of halogens is 1. The van der Waals surface area contributed by atoms with Gasteiger partial charge in [0.15, 0.2) is 5.69 Å². The highest BCUT2D eigenvalue weighted by molar-refractivity contribution is 6.29. The molecule has 0 aliphatic carbocycles. The molecule has 0 saturated heterocycles. The molecule has 1 rings (SSSR count). The average Bonchev–Trinajstić information content (AvgIpc) is 2.33. The van der Waals surface area contributed by atoms with Crippen molar-refractivity contribution in [1.82, 2.24) is 9.97 Å². The van der Waals surface area contributed by atoms with E-state index >= 15 is 0 Å². The number of aromatic nitrogens is 2. The average molecular weight is 259 g/mol. The Hall–Kier alpha value is -1.20. The van der Waals surface area contributed by atoms with Gasteiger partial charge in [-0.3, -0.25) is 4.98 Å². The first-order valence-electron chi connectivity index (χ1n) is 5.46. The van der Waals surface area contributed by atoms with Crippen molar-refractivity contribution in [2.75, 3.05) is 19.8 Å².